The SMILES string of the molecule is C=CCN(C)CC1OC(c2ccc(CN3C(=O)c4ccccc4C3=O)cc2)OC(c2ccc(CO)cc2)C1C. The van der Waals surface area contributed by atoms with Gasteiger partial charge in [0.05, 0.1) is 36.5 Å². The fraction of sp³-hybridized carbons (Fsp3) is 0.312. The minimum Gasteiger partial charge on any atom is -0.392 e. The number of carbonyl (C=O) groups is 2. The lowest BCUT2D eigenvalue weighted by Gasteiger charge is -2.42. The van der Waals surface area contributed by atoms with Crippen molar-refractivity contribution in [2.75, 3.05) is 20.1 Å². The predicted octanol–water partition coefficient (Wildman–Crippen LogP) is 4.88. The summed E-state index contributed by atoms with van der Waals surface area (Å²) >= 11 is 0. The van der Waals surface area contributed by atoms with E-state index < -0.39 is 6.29 Å². The molecule has 0 aliphatic carbocycles. The monoisotopic (exact) mass is 526 g/mol. The number of fused-ring (bicyclic) bond motifs is 1. The van der Waals surface area contributed by atoms with Crippen LogP contribution in [0.5, 0.6) is 0 Å². The van der Waals surface area contributed by atoms with Gasteiger partial charge in [-0.05, 0) is 35.9 Å². The zero-order chi connectivity index (χ0) is 27.5. The molecule has 3 aromatic carbocycles. The summed E-state index contributed by atoms with van der Waals surface area (Å²) in [5.74, 6) is -0.454. The van der Waals surface area contributed by atoms with E-state index in [9.17, 15) is 14.7 Å². The van der Waals surface area contributed by atoms with Crippen molar-refractivity contribution in [3.05, 3.63) is 119 Å². The van der Waals surface area contributed by atoms with Crippen molar-refractivity contribution in [3.63, 3.8) is 0 Å². The number of hydrogen-bond acceptors (Lipinski definition) is 6. The minimum absolute atomic E-state index is 0.00483. The smallest absolute Gasteiger partial charge is 0.261 e. The van der Waals surface area contributed by atoms with Gasteiger partial charge in [-0.15, -0.1) is 6.58 Å². The Bertz CT molecular complexity index is 1300. The van der Waals surface area contributed by atoms with Gasteiger partial charge in [-0.25, -0.2) is 0 Å². The van der Waals surface area contributed by atoms with Gasteiger partial charge in [-0.3, -0.25) is 14.5 Å². The summed E-state index contributed by atoms with van der Waals surface area (Å²) < 4.78 is 13.0. The number of aliphatic hydroxyl groups excluding tert-OH is 1. The number of benzene rings is 3. The van der Waals surface area contributed by atoms with Gasteiger partial charge in [0.2, 0.25) is 0 Å². The molecule has 2 aliphatic heterocycles. The largest absolute Gasteiger partial charge is 0.392 e. The molecular weight excluding hydrogens is 492 g/mol. The first kappa shape index (κ1) is 27.0. The fourth-order valence-corrected chi connectivity index (χ4v) is 5.28. The molecular formula is C32H34N2O5. The van der Waals surface area contributed by atoms with Crippen LogP contribution in [0.25, 0.3) is 0 Å². The lowest BCUT2D eigenvalue weighted by atomic mass is 9.90. The maximum absolute atomic E-state index is 12.8. The second-order valence-electron chi connectivity index (χ2n) is 10.3. The molecule has 1 saturated heterocycles. The van der Waals surface area contributed by atoms with Gasteiger partial charge in [0.25, 0.3) is 11.8 Å². The Kier molecular flexibility index (Phi) is 8.04. The van der Waals surface area contributed by atoms with E-state index in [2.05, 4.69) is 18.4 Å². The second kappa shape index (κ2) is 11.6. The minimum atomic E-state index is -0.584. The predicted molar refractivity (Wildman–Crippen MR) is 148 cm³/mol. The molecule has 5 rings (SSSR count). The maximum atomic E-state index is 12.8. The van der Waals surface area contributed by atoms with E-state index in [-0.39, 0.29) is 43.1 Å². The average Bonchev–Trinajstić information content (AvgIpc) is 3.19. The van der Waals surface area contributed by atoms with Crippen LogP contribution < -0.4 is 0 Å². The third-order valence-electron chi connectivity index (χ3n) is 7.53. The van der Waals surface area contributed by atoms with Crippen molar-refractivity contribution in [1.29, 1.82) is 0 Å². The molecule has 2 amide bonds. The van der Waals surface area contributed by atoms with Gasteiger partial charge in [0.1, 0.15) is 0 Å². The maximum Gasteiger partial charge on any atom is 0.261 e. The first-order chi connectivity index (χ1) is 18.9. The van der Waals surface area contributed by atoms with Crippen molar-refractivity contribution in [2.45, 2.75) is 38.6 Å². The number of rotatable bonds is 9. The average molecular weight is 527 g/mol. The molecule has 1 fully saturated rings. The van der Waals surface area contributed by atoms with Crippen molar-refractivity contribution in [1.82, 2.24) is 9.80 Å². The topological polar surface area (TPSA) is 79.3 Å². The summed E-state index contributed by atoms with van der Waals surface area (Å²) in [6, 6.07) is 22.5. The second-order valence-corrected chi connectivity index (χ2v) is 10.3. The molecule has 3 aromatic rings. The van der Waals surface area contributed by atoms with Crippen LogP contribution >= 0.6 is 0 Å². The molecule has 0 radical (unpaired) electrons. The third kappa shape index (κ3) is 5.58. The first-order valence-corrected chi connectivity index (χ1v) is 13.2. The Balaban J connectivity index is 1.35. The van der Waals surface area contributed by atoms with E-state index in [4.69, 9.17) is 9.47 Å². The molecule has 0 aromatic heterocycles. The summed E-state index contributed by atoms with van der Waals surface area (Å²) in [6.45, 7) is 7.65. The highest BCUT2D eigenvalue weighted by Crippen LogP contribution is 2.42. The normalized spacial score (nSPS) is 22.8. The standard InChI is InChI=1S/C32H34N2O5/c1-4-17-33(3)19-28-21(2)29(24-13-11-23(20-35)12-14-24)39-32(38-28)25-15-9-22(10-16-25)18-34-30(36)26-7-5-6-8-27(26)31(34)37/h4-16,21,28-29,32,35H,1,17-20H2,2-3H3. The van der Waals surface area contributed by atoms with Gasteiger partial charge in [-0.2, -0.15) is 0 Å². The molecule has 7 heteroatoms. The Labute approximate surface area is 229 Å². The number of imide groups is 1. The van der Waals surface area contributed by atoms with Gasteiger partial charge in [0.15, 0.2) is 6.29 Å². The van der Waals surface area contributed by atoms with Crippen molar-refractivity contribution in [2.24, 2.45) is 5.92 Å². The summed E-state index contributed by atoms with van der Waals surface area (Å²) in [5, 5.41) is 9.45. The molecule has 2 aliphatic rings. The van der Waals surface area contributed by atoms with Crippen LogP contribution in [0.4, 0.5) is 0 Å². The highest BCUT2D eigenvalue weighted by Gasteiger charge is 2.39. The Morgan fingerprint density at radius 3 is 2.08 bits per heavy atom. The summed E-state index contributed by atoms with van der Waals surface area (Å²) in [4.78, 5) is 29.0. The number of nitrogens with zero attached hydrogens (tertiary/aromatic N) is 2. The number of amides is 2. The van der Waals surface area contributed by atoms with E-state index >= 15 is 0 Å². The Hall–Kier alpha value is -3.62. The number of hydrogen-bond donors (Lipinski definition) is 1. The zero-order valence-corrected chi connectivity index (χ0v) is 22.3. The molecule has 0 saturated carbocycles. The van der Waals surface area contributed by atoms with Gasteiger partial charge >= 0.3 is 0 Å². The number of ether oxygens (including phenoxy) is 2. The Morgan fingerprint density at radius 1 is 0.897 bits per heavy atom. The van der Waals surface area contributed by atoms with Crippen LogP contribution in [0.2, 0.25) is 0 Å². The molecule has 202 valence electrons. The molecule has 0 spiro atoms. The van der Waals surface area contributed by atoms with E-state index in [0.29, 0.717) is 11.1 Å². The molecule has 4 unspecified atom stereocenters. The van der Waals surface area contributed by atoms with E-state index in [1.807, 2.05) is 61.7 Å². The van der Waals surface area contributed by atoms with Crippen LogP contribution in [0.15, 0.2) is 85.5 Å². The summed E-state index contributed by atoms with van der Waals surface area (Å²) in [5.41, 5.74) is 4.49. The van der Waals surface area contributed by atoms with Gasteiger partial charge in [0, 0.05) is 24.6 Å². The number of carbonyl (C=O) groups excluding carboxylic acids is 2. The summed E-state index contributed by atoms with van der Waals surface area (Å²) in [7, 11) is 2.04. The van der Waals surface area contributed by atoms with Crippen LogP contribution in [0.3, 0.4) is 0 Å². The molecule has 2 heterocycles. The molecule has 0 bridgehead atoms. The van der Waals surface area contributed by atoms with Gasteiger partial charge in [-0.1, -0.05) is 73.7 Å². The van der Waals surface area contributed by atoms with Crippen molar-refractivity contribution >= 4 is 11.8 Å². The van der Waals surface area contributed by atoms with Gasteiger partial charge < -0.3 is 19.5 Å². The third-order valence-corrected chi connectivity index (χ3v) is 7.53. The molecule has 7 nitrogen and oxygen atoms in total. The van der Waals surface area contributed by atoms with Crippen LogP contribution in [-0.2, 0) is 22.6 Å². The zero-order valence-electron chi connectivity index (χ0n) is 22.3. The highest BCUT2D eigenvalue weighted by molar-refractivity contribution is 6.21. The summed E-state index contributed by atoms with van der Waals surface area (Å²) in [6.07, 6.45) is 1.00. The number of aliphatic hydroxyl groups is 1. The van der Waals surface area contributed by atoms with Crippen molar-refractivity contribution < 1.29 is 24.2 Å². The van der Waals surface area contributed by atoms with Crippen molar-refractivity contribution in [3.8, 4) is 0 Å². The van der Waals surface area contributed by atoms with E-state index in [1.165, 1.54) is 4.90 Å². The van der Waals surface area contributed by atoms with Crippen LogP contribution in [0.1, 0.15) is 62.3 Å². The molecule has 1 N–H and O–H groups in total. The van der Waals surface area contributed by atoms with E-state index in [1.54, 1.807) is 24.3 Å². The quantitative estimate of drug-likeness (QED) is 0.316. The number of likely N-dealkylation sites (N-methyl/N-ethyl adjacent to an activating group) is 1. The lowest BCUT2D eigenvalue weighted by Crippen LogP contribution is -2.43. The fourth-order valence-electron chi connectivity index (χ4n) is 5.28. The molecule has 4 atom stereocenters. The van der Waals surface area contributed by atoms with Crippen LogP contribution in [-0.4, -0.2) is 53.0 Å². The Morgan fingerprint density at radius 2 is 1.49 bits per heavy atom. The van der Waals surface area contributed by atoms with E-state index in [0.717, 1.165) is 35.3 Å². The first-order valence-electron chi connectivity index (χ1n) is 13.2. The molecule has 39 heavy (non-hydrogen) atoms. The lowest BCUT2D eigenvalue weighted by molar-refractivity contribution is -0.275. The highest BCUT2D eigenvalue weighted by atomic mass is 16.7. The van der Waals surface area contributed by atoms with Crippen LogP contribution in [0, 0.1) is 5.92 Å².